The Balaban J connectivity index is 0.914. The lowest BCUT2D eigenvalue weighted by Crippen LogP contribution is -2.48. The molecule has 14 heteroatoms. The number of thiazole rings is 2. The van der Waals surface area contributed by atoms with Crippen molar-refractivity contribution < 1.29 is 28.6 Å². The number of aromatic carboxylic acids is 1. The number of hydrogen-bond acceptors (Lipinski definition) is 10. The van der Waals surface area contributed by atoms with Gasteiger partial charge in [0, 0.05) is 61.7 Å². The van der Waals surface area contributed by atoms with Gasteiger partial charge in [0.2, 0.25) is 5.91 Å². The number of hydrogen-bond donors (Lipinski definition) is 2. The minimum atomic E-state index is -1.11. The van der Waals surface area contributed by atoms with Crippen molar-refractivity contribution in [1.82, 2.24) is 19.8 Å². The van der Waals surface area contributed by atoms with Crippen LogP contribution >= 0.6 is 22.7 Å². The van der Waals surface area contributed by atoms with E-state index in [1.54, 1.807) is 18.2 Å². The van der Waals surface area contributed by atoms with Gasteiger partial charge in [0.25, 0.3) is 5.91 Å². The highest BCUT2D eigenvalue weighted by Gasteiger charge is 2.27. The molecule has 5 aromatic rings. The molecule has 1 saturated heterocycles. The van der Waals surface area contributed by atoms with Crippen LogP contribution in [0.25, 0.3) is 10.2 Å². The normalized spacial score (nSPS) is 14.2. The van der Waals surface area contributed by atoms with Gasteiger partial charge in [-0.25, -0.2) is 19.2 Å². The third kappa shape index (κ3) is 9.35. The number of benzene rings is 3. The molecule has 3 aromatic carbocycles. The predicted octanol–water partition coefficient (Wildman–Crippen LogP) is 7.10. The summed E-state index contributed by atoms with van der Waals surface area (Å²) in [5, 5.41) is 14.1. The number of carboxylic acids is 1. The molecule has 0 atom stereocenters. The summed E-state index contributed by atoms with van der Waals surface area (Å²) in [6.45, 7) is 6.80. The van der Waals surface area contributed by atoms with Gasteiger partial charge in [0.1, 0.15) is 0 Å². The second-order valence-electron chi connectivity index (χ2n) is 13.8. The molecule has 0 spiro atoms. The number of aromatic nitrogens is 2. The Bertz CT molecular complexity index is 2260. The van der Waals surface area contributed by atoms with Crippen LogP contribution in [0, 0.1) is 17.7 Å². The second kappa shape index (κ2) is 18.1. The molecule has 290 valence electrons. The SMILES string of the molecule is CCCCC(=O)N1CCN(CC#Cc2ccc(OCCCc3sc(N4CCc5cccc(C(=O)Nc6nc7ccccc7s6)c5C4)nc3C(=O)O)c(F)c2)CC1. The smallest absolute Gasteiger partial charge is 0.355 e. The number of nitrogens with zero attached hydrogens (tertiary/aromatic N) is 5. The molecule has 2 amide bonds. The lowest BCUT2D eigenvalue weighted by atomic mass is 9.94. The second-order valence-corrected chi connectivity index (χ2v) is 15.9. The number of piperazine rings is 1. The van der Waals surface area contributed by atoms with Gasteiger partial charge in [-0.3, -0.25) is 19.8 Å². The van der Waals surface area contributed by atoms with E-state index >= 15 is 0 Å². The number of para-hydroxylation sites is 1. The summed E-state index contributed by atoms with van der Waals surface area (Å²) >= 11 is 2.74. The zero-order valence-corrected chi connectivity index (χ0v) is 32.8. The maximum atomic E-state index is 14.9. The molecular formula is C42H43FN6O5S2. The highest BCUT2D eigenvalue weighted by atomic mass is 32.1. The number of nitrogens with one attached hydrogen (secondary N) is 1. The van der Waals surface area contributed by atoms with E-state index in [2.05, 4.69) is 38.9 Å². The first-order valence-electron chi connectivity index (χ1n) is 18.9. The number of unbranched alkanes of at least 4 members (excludes halogenated alkanes) is 1. The van der Waals surface area contributed by atoms with Gasteiger partial charge in [-0.1, -0.05) is 60.8 Å². The standard InChI is InChI=1S/C42H43FN6O5S2/c1-2-3-15-37(50)48-23-21-47(22-24-48)19-7-9-28-16-17-34(32(43)26-28)54-25-8-14-36-38(40(52)53)45-42(56-36)49-20-18-29-10-6-11-30(31(29)27-49)39(51)46-41-44-33-12-4-5-13-35(33)55-41/h4-6,10-13,16-17,26H,2-3,8,14-15,18-25,27H2,1H3,(H,52,53)(H,44,46,51). The highest BCUT2D eigenvalue weighted by molar-refractivity contribution is 7.22. The van der Waals surface area contributed by atoms with Crippen LogP contribution in [0.15, 0.2) is 60.7 Å². The van der Waals surface area contributed by atoms with E-state index in [0.717, 1.165) is 47.3 Å². The van der Waals surface area contributed by atoms with Crippen molar-refractivity contribution >= 4 is 60.9 Å². The third-order valence-electron chi connectivity index (χ3n) is 9.93. The number of carbonyl (C=O) groups is 3. The Kier molecular flexibility index (Phi) is 12.5. The fourth-order valence-corrected chi connectivity index (χ4v) is 8.84. The van der Waals surface area contributed by atoms with Crippen molar-refractivity contribution in [3.8, 4) is 17.6 Å². The van der Waals surface area contributed by atoms with Crippen molar-refractivity contribution in [2.75, 3.05) is 56.1 Å². The van der Waals surface area contributed by atoms with E-state index in [9.17, 15) is 23.9 Å². The first kappa shape index (κ1) is 38.9. The number of anilines is 2. The first-order valence-corrected chi connectivity index (χ1v) is 20.6. The Labute approximate surface area is 333 Å². The summed E-state index contributed by atoms with van der Waals surface area (Å²) in [5.74, 6) is 4.61. The van der Waals surface area contributed by atoms with E-state index in [-0.39, 0.29) is 29.9 Å². The number of rotatable bonds is 13. The van der Waals surface area contributed by atoms with Crippen molar-refractivity contribution in [2.45, 2.75) is 52.0 Å². The molecule has 0 radical (unpaired) electrons. The molecule has 2 aliphatic rings. The molecule has 0 saturated carbocycles. The number of carbonyl (C=O) groups excluding carboxylic acids is 2. The zero-order chi connectivity index (χ0) is 39.0. The number of ether oxygens (including phenoxy) is 1. The van der Waals surface area contributed by atoms with Crippen LogP contribution in [0.1, 0.15) is 75.0 Å². The zero-order valence-electron chi connectivity index (χ0n) is 31.2. The summed E-state index contributed by atoms with van der Waals surface area (Å²) in [7, 11) is 0. The predicted molar refractivity (Wildman–Crippen MR) is 217 cm³/mol. The maximum absolute atomic E-state index is 14.9. The number of halogens is 1. The fraction of sp³-hybridized carbons (Fsp3) is 0.357. The van der Waals surface area contributed by atoms with Gasteiger partial charge >= 0.3 is 5.97 Å². The Morgan fingerprint density at radius 2 is 1.82 bits per heavy atom. The fourth-order valence-electron chi connectivity index (χ4n) is 6.86. The highest BCUT2D eigenvalue weighted by Crippen LogP contribution is 2.33. The molecular weight excluding hydrogens is 752 g/mol. The first-order chi connectivity index (χ1) is 27.2. The van der Waals surface area contributed by atoms with Crippen molar-refractivity contribution in [1.29, 1.82) is 0 Å². The molecule has 56 heavy (non-hydrogen) atoms. The van der Waals surface area contributed by atoms with E-state index in [1.165, 1.54) is 28.7 Å². The van der Waals surface area contributed by atoms with E-state index in [4.69, 9.17) is 4.74 Å². The third-order valence-corrected chi connectivity index (χ3v) is 12.1. The van der Waals surface area contributed by atoms with Gasteiger partial charge in [-0.05, 0) is 73.2 Å². The lowest BCUT2D eigenvalue weighted by Gasteiger charge is -2.33. The van der Waals surface area contributed by atoms with E-state index in [1.807, 2.05) is 46.2 Å². The van der Waals surface area contributed by atoms with Gasteiger partial charge in [0.05, 0.1) is 23.4 Å². The van der Waals surface area contributed by atoms with E-state index < -0.39 is 11.8 Å². The van der Waals surface area contributed by atoms with E-state index in [0.29, 0.717) is 84.7 Å². The van der Waals surface area contributed by atoms with Crippen LogP contribution in [-0.4, -0.2) is 88.5 Å². The number of amides is 2. The largest absolute Gasteiger partial charge is 0.491 e. The summed E-state index contributed by atoms with van der Waals surface area (Å²) in [6, 6.07) is 18.1. The van der Waals surface area contributed by atoms with Gasteiger partial charge in [0.15, 0.2) is 27.5 Å². The van der Waals surface area contributed by atoms with Crippen molar-refractivity contribution in [2.24, 2.45) is 0 Å². The molecule has 11 nitrogen and oxygen atoms in total. The molecule has 4 heterocycles. The quantitative estimate of drug-likeness (QED) is 0.0948. The number of aryl methyl sites for hydroxylation is 1. The van der Waals surface area contributed by atoms with Crippen LogP contribution in [0.3, 0.4) is 0 Å². The molecule has 0 aliphatic carbocycles. The Morgan fingerprint density at radius 3 is 2.61 bits per heavy atom. The topological polar surface area (TPSA) is 128 Å². The van der Waals surface area contributed by atoms with Crippen LogP contribution in [0.2, 0.25) is 0 Å². The van der Waals surface area contributed by atoms with Crippen LogP contribution < -0.4 is 15.0 Å². The summed E-state index contributed by atoms with van der Waals surface area (Å²) < 4.78 is 21.7. The molecule has 1 fully saturated rings. The maximum Gasteiger partial charge on any atom is 0.355 e. The molecule has 2 N–H and O–H groups in total. The molecule has 7 rings (SSSR count). The molecule has 0 unspecified atom stereocenters. The average Bonchev–Trinajstić information content (AvgIpc) is 3.83. The minimum absolute atomic E-state index is 0.00545. The Hall–Kier alpha value is -5.36. The minimum Gasteiger partial charge on any atom is -0.491 e. The van der Waals surface area contributed by atoms with Gasteiger partial charge in [-0.15, -0.1) is 11.3 Å². The molecule has 2 aromatic heterocycles. The monoisotopic (exact) mass is 794 g/mol. The summed E-state index contributed by atoms with van der Waals surface area (Å²) in [5.41, 5.74) is 3.87. The van der Waals surface area contributed by atoms with Crippen LogP contribution in [-0.2, 0) is 24.2 Å². The van der Waals surface area contributed by atoms with Crippen molar-refractivity contribution in [3.63, 3.8) is 0 Å². The molecule has 0 bridgehead atoms. The van der Waals surface area contributed by atoms with Crippen LogP contribution in [0.4, 0.5) is 14.7 Å². The summed E-state index contributed by atoms with van der Waals surface area (Å²) in [4.78, 5) is 53.8. The average molecular weight is 795 g/mol. The number of fused-ring (bicyclic) bond motifs is 2. The molecule has 2 aliphatic heterocycles. The Morgan fingerprint density at radius 1 is 0.982 bits per heavy atom. The van der Waals surface area contributed by atoms with Crippen LogP contribution in [0.5, 0.6) is 5.75 Å². The van der Waals surface area contributed by atoms with Crippen molar-refractivity contribution in [3.05, 3.63) is 99.3 Å². The van der Waals surface area contributed by atoms with Gasteiger partial charge in [-0.2, -0.15) is 0 Å². The number of carboxylic acid groups (broad SMARTS) is 1. The summed E-state index contributed by atoms with van der Waals surface area (Å²) in [6.07, 6.45) is 4.07. The lowest BCUT2D eigenvalue weighted by molar-refractivity contribution is -0.132. The van der Waals surface area contributed by atoms with Gasteiger partial charge < -0.3 is 19.6 Å².